The number of nitrogens with one attached hydrogen (secondary N) is 1. The third-order valence-electron chi connectivity index (χ3n) is 3.49. The van der Waals surface area contributed by atoms with Crippen LogP contribution in [0.1, 0.15) is 47.3 Å². The molecule has 0 bridgehead atoms. The number of hydrogen-bond acceptors (Lipinski definition) is 6. The van der Waals surface area contributed by atoms with Crippen LogP contribution >= 0.6 is 22.7 Å². The van der Waals surface area contributed by atoms with E-state index in [1.165, 1.54) is 9.75 Å². The van der Waals surface area contributed by atoms with Crippen molar-refractivity contribution in [1.82, 2.24) is 15.3 Å². The summed E-state index contributed by atoms with van der Waals surface area (Å²) in [5.41, 5.74) is 1.14. The summed E-state index contributed by atoms with van der Waals surface area (Å²) in [5.74, 6) is 0. The first-order valence-corrected chi connectivity index (χ1v) is 9.05. The largest absolute Gasteiger partial charge is 0.349 e. The maximum absolute atomic E-state index is 4.53. The van der Waals surface area contributed by atoms with Gasteiger partial charge in [-0.15, -0.1) is 22.7 Å². The van der Waals surface area contributed by atoms with E-state index < -0.39 is 0 Å². The van der Waals surface area contributed by atoms with E-state index in [9.17, 15) is 0 Å². The van der Waals surface area contributed by atoms with Gasteiger partial charge in [-0.1, -0.05) is 0 Å². The topological polar surface area (TPSA) is 41.1 Å². The average Bonchev–Trinajstić information content (AvgIpc) is 3.04. The molecule has 0 radical (unpaired) electrons. The van der Waals surface area contributed by atoms with E-state index in [0.29, 0.717) is 6.04 Å². The first-order chi connectivity index (χ1) is 10.0. The number of hydrogen-bond donors (Lipinski definition) is 1. The number of thiazole rings is 2. The van der Waals surface area contributed by atoms with E-state index >= 15 is 0 Å². The van der Waals surface area contributed by atoms with Gasteiger partial charge in [0.1, 0.15) is 0 Å². The zero-order chi connectivity index (χ0) is 15.4. The normalized spacial score (nSPS) is 12.6. The van der Waals surface area contributed by atoms with Crippen molar-refractivity contribution in [3.8, 4) is 0 Å². The van der Waals surface area contributed by atoms with Crippen LogP contribution in [0.3, 0.4) is 0 Å². The maximum Gasteiger partial charge on any atom is 0.185 e. The fraction of sp³-hybridized carbons (Fsp3) is 0.600. The molecule has 0 amide bonds. The van der Waals surface area contributed by atoms with Crippen LogP contribution in [0.4, 0.5) is 5.13 Å². The van der Waals surface area contributed by atoms with Crippen LogP contribution in [-0.4, -0.2) is 23.1 Å². The lowest BCUT2D eigenvalue weighted by molar-refractivity contribution is 0.583. The summed E-state index contributed by atoms with van der Waals surface area (Å²) in [6.45, 7) is 13.6. The Kier molecular flexibility index (Phi) is 5.72. The van der Waals surface area contributed by atoms with E-state index in [-0.39, 0.29) is 0 Å². The minimum absolute atomic E-state index is 0.329. The Balaban J connectivity index is 1.95. The van der Waals surface area contributed by atoms with Crippen molar-refractivity contribution in [3.05, 3.63) is 26.7 Å². The molecule has 21 heavy (non-hydrogen) atoms. The molecule has 0 aliphatic rings. The molecule has 1 N–H and O–H groups in total. The number of nitrogens with zero attached hydrogens (tertiary/aromatic N) is 3. The fourth-order valence-electron chi connectivity index (χ4n) is 2.31. The van der Waals surface area contributed by atoms with Gasteiger partial charge in [0.25, 0.3) is 0 Å². The minimum Gasteiger partial charge on any atom is -0.349 e. The minimum atomic E-state index is 0.329. The van der Waals surface area contributed by atoms with Gasteiger partial charge in [-0.25, -0.2) is 9.97 Å². The van der Waals surface area contributed by atoms with E-state index in [0.717, 1.165) is 35.5 Å². The molecule has 6 heteroatoms. The van der Waals surface area contributed by atoms with E-state index in [4.69, 9.17) is 0 Å². The number of aromatic nitrogens is 2. The van der Waals surface area contributed by atoms with Crippen LogP contribution < -0.4 is 10.2 Å². The summed E-state index contributed by atoms with van der Waals surface area (Å²) < 4.78 is 0. The Morgan fingerprint density at radius 2 is 1.95 bits per heavy atom. The summed E-state index contributed by atoms with van der Waals surface area (Å²) in [6, 6.07) is 0.329. The number of anilines is 1. The Morgan fingerprint density at radius 3 is 2.52 bits per heavy atom. The molecule has 2 aromatic rings. The second-order valence-corrected chi connectivity index (χ2v) is 7.39. The third-order valence-corrected chi connectivity index (χ3v) is 5.80. The molecule has 0 saturated heterocycles. The molecule has 2 rings (SSSR count). The predicted molar refractivity (Wildman–Crippen MR) is 92.5 cm³/mol. The van der Waals surface area contributed by atoms with Gasteiger partial charge in [-0.3, -0.25) is 0 Å². The van der Waals surface area contributed by atoms with E-state index in [1.54, 1.807) is 22.7 Å². The molecule has 2 aromatic heterocycles. The van der Waals surface area contributed by atoms with Gasteiger partial charge in [-0.05, 0) is 34.6 Å². The molecule has 1 unspecified atom stereocenters. The van der Waals surface area contributed by atoms with Gasteiger partial charge < -0.3 is 10.2 Å². The van der Waals surface area contributed by atoms with Gasteiger partial charge in [0.15, 0.2) is 5.13 Å². The lowest BCUT2D eigenvalue weighted by atomic mass is 10.2. The van der Waals surface area contributed by atoms with Crippen molar-refractivity contribution in [2.24, 2.45) is 0 Å². The molecular weight excluding hydrogens is 300 g/mol. The van der Waals surface area contributed by atoms with Crippen molar-refractivity contribution >= 4 is 27.8 Å². The lowest BCUT2D eigenvalue weighted by Gasteiger charge is -2.16. The summed E-state index contributed by atoms with van der Waals surface area (Å²) in [7, 11) is 0. The number of rotatable bonds is 7. The van der Waals surface area contributed by atoms with Gasteiger partial charge in [0, 0.05) is 41.6 Å². The molecule has 0 spiro atoms. The summed E-state index contributed by atoms with van der Waals surface area (Å²) >= 11 is 3.56. The second kappa shape index (κ2) is 7.33. The van der Waals surface area contributed by atoms with Crippen LogP contribution in [0, 0.1) is 13.8 Å². The molecule has 116 valence electrons. The van der Waals surface area contributed by atoms with Crippen LogP contribution in [0.5, 0.6) is 0 Å². The van der Waals surface area contributed by atoms with Crippen molar-refractivity contribution in [2.75, 3.05) is 18.0 Å². The average molecular weight is 325 g/mol. The summed E-state index contributed by atoms with van der Waals surface area (Å²) in [4.78, 5) is 13.9. The van der Waals surface area contributed by atoms with Crippen molar-refractivity contribution in [3.63, 3.8) is 0 Å². The maximum atomic E-state index is 4.53. The highest BCUT2D eigenvalue weighted by Gasteiger charge is 2.13. The fourth-order valence-corrected chi connectivity index (χ4v) is 4.26. The Morgan fingerprint density at radius 1 is 1.24 bits per heavy atom. The summed E-state index contributed by atoms with van der Waals surface area (Å²) in [5, 5.41) is 5.84. The lowest BCUT2D eigenvalue weighted by Crippen LogP contribution is -2.21. The SMILES string of the molecule is CCN(CC)c1ncc(CNC(C)c2sc(C)nc2C)s1. The van der Waals surface area contributed by atoms with Crippen LogP contribution in [0.15, 0.2) is 6.20 Å². The monoisotopic (exact) mass is 324 g/mol. The highest BCUT2D eigenvalue weighted by Crippen LogP contribution is 2.26. The Hall–Kier alpha value is -0.980. The molecule has 0 saturated carbocycles. The van der Waals surface area contributed by atoms with Crippen molar-refractivity contribution in [1.29, 1.82) is 0 Å². The predicted octanol–water partition coefficient (Wildman–Crippen LogP) is 3.91. The van der Waals surface area contributed by atoms with Crippen LogP contribution in [0.25, 0.3) is 0 Å². The molecule has 0 aromatic carbocycles. The van der Waals surface area contributed by atoms with Gasteiger partial charge >= 0.3 is 0 Å². The van der Waals surface area contributed by atoms with Gasteiger partial charge in [-0.2, -0.15) is 0 Å². The van der Waals surface area contributed by atoms with E-state index in [2.05, 4.69) is 54.8 Å². The Labute approximate surface area is 135 Å². The molecular formula is C15H24N4S2. The zero-order valence-electron chi connectivity index (χ0n) is 13.4. The quantitative estimate of drug-likeness (QED) is 0.838. The third kappa shape index (κ3) is 4.02. The first kappa shape index (κ1) is 16.4. The zero-order valence-corrected chi connectivity index (χ0v) is 15.1. The molecule has 0 aliphatic heterocycles. The molecule has 2 heterocycles. The van der Waals surface area contributed by atoms with Crippen molar-refractivity contribution < 1.29 is 0 Å². The molecule has 1 atom stereocenters. The smallest absolute Gasteiger partial charge is 0.185 e. The van der Waals surface area contributed by atoms with Crippen LogP contribution in [0.2, 0.25) is 0 Å². The number of aryl methyl sites for hydroxylation is 2. The van der Waals surface area contributed by atoms with Gasteiger partial charge in [0.05, 0.1) is 10.7 Å². The molecule has 4 nitrogen and oxygen atoms in total. The standard InChI is InChI=1S/C15H24N4S2/c1-6-19(7-2)15-17-9-13(21-15)8-16-10(3)14-11(4)18-12(5)20-14/h9-10,16H,6-8H2,1-5H3. The highest BCUT2D eigenvalue weighted by atomic mass is 32.1. The van der Waals surface area contributed by atoms with Crippen LogP contribution in [-0.2, 0) is 6.54 Å². The Bertz CT molecular complexity index is 572. The van der Waals surface area contributed by atoms with Crippen molar-refractivity contribution in [2.45, 2.75) is 47.2 Å². The summed E-state index contributed by atoms with van der Waals surface area (Å²) in [6.07, 6.45) is 1.99. The highest BCUT2D eigenvalue weighted by molar-refractivity contribution is 7.15. The van der Waals surface area contributed by atoms with Gasteiger partial charge in [0.2, 0.25) is 0 Å². The molecule has 0 aliphatic carbocycles. The first-order valence-electron chi connectivity index (χ1n) is 7.42. The second-order valence-electron chi connectivity index (χ2n) is 5.07. The molecule has 0 fully saturated rings. The van der Waals surface area contributed by atoms with E-state index in [1.807, 2.05) is 6.20 Å².